The summed E-state index contributed by atoms with van der Waals surface area (Å²) in [5.74, 6) is 1.21. The van der Waals surface area contributed by atoms with E-state index in [2.05, 4.69) is 9.88 Å². The van der Waals surface area contributed by atoms with Crippen molar-refractivity contribution in [3.05, 3.63) is 78.1 Å². The molecule has 1 fully saturated rings. The number of hydrogen-bond donors (Lipinski definition) is 0. The van der Waals surface area contributed by atoms with E-state index in [0.29, 0.717) is 22.1 Å². The highest BCUT2D eigenvalue weighted by Gasteiger charge is 2.35. The van der Waals surface area contributed by atoms with E-state index in [1.807, 2.05) is 31.2 Å². The van der Waals surface area contributed by atoms with Crippen LogP contribution < -0.4 is 13.8 Å². The van der Waals surface area contributed by atoms with E-state index in [-0.39, 0.29) is 12.8 Å². The molecule has 2 aliphatic heterocycles. The fourth-order valence-corrected chi connectivity index (χ4v) is 6.30. The lowest BCUT2D eigenvalue weighted by molar-refractivity contribution is 0.174. The molecule has 0 amide bonds. The average molecular weight is 466 g/mol. The molecule has 5 rings (SSSR count). The highest BCUT2D eigenvalue weighted by molar-refractivity contribution is 7.92. The summed E-state index contributed by atoms with van der Waals surface area (Å²) in [5, 5.41) is 0. The zero-order valence-electron chi connectivity index (χ0n) is 18.6. The predicted octanol–water partition coefficient (Wildman–Crippen LogP) is 3.98. The van der Waals surface area contributed by atoms with Crippen molar-refractivity contribution in [3.63, 3.8) is 0 Å². The van der Waals surface area contributed by atoms with E-state index in [1.165, 1.54) is 0 Å². The largest absolute Gasteiger partial charge is 0.454 e. The van der Waals surface area contributed by atoms with Crippen LogP contribution in [0.15, 0.2) is 71.8 Å². The van der Waals surface area contributed by atoms with Crippen molar-refractivity contribution in [1.29, 1.82) is 0 Å². The standard InChI is InChI=1S/C25H27N3O4S/c1-19-5-4-7-23(15-19)33(29,30)28(22-8-9-24-25(16-22)32-18-31-24)21-10-13-27(14-11-21)17-20-6-2-3-12-26-20/h2-9,12,15-16,21H,10-11,13-14,17-18H2,1H3. The second kappa shape index (κ2) is 9.03. The molecule has 0 unspecified atom stereocenters. The van der Waals surface area contributed by atoms with Gasteiger partial charge in [0.05, 0.1) is 16.3 Å². The summed E-state index contributed by atoms with van der Waals surface area (Å²) in [6, 6.07) is 18.2. The Morgan fingerprint density at radius 2 is 1.82 bits per heavy atom. The van der Waals surface area contributed by atoms with E-state index in [1.54, 1.807) is 46.9 Å². The maximum absolute atomic E-state index is 13.9. The van der Waals surface area contributed by atoms with Gasteiger partial charge in [-0.25, -0.2) is 8.42 Å². The minimum Gasteiger partial charge on any atom is -0.454 e. The van der Waals surface area contributed by atoms with Gasteiger partial charge >= 0.3 is 0 Å². The van der Waals surface area contributed by atoms with Crippen molar-refractivity contribution in [3.8, 4) is 11.5 Å². The predicted molar refractivity (Wildman–Crippen MR) is 126 cm³/mol. The third kappa shape index (κ3) is 4.54. The van der Waals surface area contributed by atoms with Crippen LogP contribution in [0.1, 0.15) is 24.1 Å². The molecular weight excluding hydrogens is 438 g/mol. The van der Waals surface area contributed by atoms with Crippen molar-refractivity contribution in [1.82, 2.24) is 9.88 Å². The second-order valence-electron chi connectivity index (χ2n) is 8.48. The summed E-state index contributed by atoms with van der Waals surface area (Å²) in [6.45, 7) is 4.41. The Morgan fingerprint density at radius 1 is 1.00 bits per heavy atom. The summed E-state index contributed by atoms with van der Waals surface area (Å²) in [6.07, 6.45) is 3.26. The van der Waals surface area contributed by atoms with Crippen LogP contribution in [0.2, 0.25) is 0 Å². The molecular formula is C25H27N3O4S. The number of likely N-dealkylation sites (tertiary alicyclic amines) is 1. The number of ether oxygens (including phenoxy) is 2. The molecule has 1 saturated heterocycles. The third-order valence-electron chi connectivity index (χ3n) is 6.16. The Hall–Kier alpha value is -3.10. The molecule has 3 aromatic rings. The fourth-order valence-electron chi connectivity index (χ4n) is 4.49. The highest BCUT2D eigenvalue weighted by Crippen LogP contribution is 2.39. The van der Waals surface area contributed by atoms with Crippen molar-refractivity contribution in [2.75, 3.05) is 24.2 Å². The SMILES string of the molecule is Cc1cccc(S(=O)(=O)N(c2ccc3c(c2)OCO3)C2CCN(Cc3ccccn3)CC2)c1. The number of pyridine rings is 1. The number of nitrogens with zero attached hydrogens (tertiary/aromatic N) is 3. The minimum absolute atomic E-state index is 0.148. The first-order valence-corrected chi connectivity index (χ1v) is 12.6. The summed E-state index contributed by atoms with van der Waals surface area (Å²) in [7, 11) is -3.76. The Bertz CT molecular complexity index is 1230. The van der Waals surface area contributed by atoms with Gasteiger partial charge in [-0.3, -0.25) is 14.2 Å². The van der Waals surface area contributed by atoms with Gasteiger partial charge < -0.3 is 9.47 Å². The molecule has 0 N–H and O–H groups in total. The maximum atomic E-state index is 13.9. The zero-order valence-corrected chi connectivity index (χ0v) is 19.4. The number of aryl methyl sites for hydroxylation is 1. The quantitative estimate of drug-likeness (QED) is 0.548. The summed E-state index contributed by atoms with van der Waals surface area (Å²) >= 11 is 0. The lowest BCUT2D eigenvalue weighted by Crippen LogP contribution is -2.47. The molecule has 1 aromatic heterocycles. The molecule has 7 nitrogen and oxygen atoms in total. The van der Waals surface area contributed by atoms with Crippen molar-refractivity contribution < 1.29 is 17.9 Å². The smallest absolute Gasteiger partial charge is 0.264 e. The average Bonchev–Trinajstić information content (AvgIpc) is 3.29. The normalized spacial score (nSPS) is 16.6. The van der Waals surface area contributed by atoms with E-state index in [9.17, 15) is 8.42 Å². The first kappa shape index (κ1) is 21.7. The van der Waals surface area contributed by atoms with Gasteiger partial charge in [0, 0.05) is 37.9 Å². The topological polar surface area (TPSA) is 72.0 Å². The molecule has 2 aromatic carbocycles. The molecule has 0 saturated carbocycles. The van der Waals surface area contributed by atoms with E-state index in [4.69, 9.17) is 9.47 Å². The number of rotatable bonds is 6. The number of benzene rings is 2. The summed E-state index contributed by atoms with van der Waals surface area (Å²) < 4.78 is 40.3. The number of sulfonamides is 1. The van der Waals surface area contributed by atoms with Gasteiger partial charge in [-0.05, 0) is 61.7 Å². The second-order valence-corrected chi connectivity index (χ2v) is 10.3. The van der Waals surface area contributed by atoms with Gasteiger partial charge in [0.25, 0.3) is 10.0 Å². The number of piperidine rings is 1. The van der Waals surface area contributed by atoms with Gasteiger partial charge in [-0.2, -0.15) is 0 Å². The molecule has 2 aliphatic rings. The van der Waals surface area contributed by atoms with Gasteiger partial charge in [0.2, 0.25) is 6.79 Å². The first-order chi connectivity index (χ1) is 16.0. The number of hydrogen-bond acceptors (Lipinski definition) is 6. The molecule has 8 heteroatoms. The number of fused-ring (bicyclic) bond motifs is 1. The third-order valence-corrected chi connectivity index (χ3v) is 8.03. The molecule has 0 aliphatic carbocycles. The molecule has 0 atom stereocenters. The molecule has 0 bridgehead atoms. The lowest BCUT2D eigenvalue weighted by atomic mass is 10.0. The Balaban J connectivity index is 1.43. The molecule has 0 spiro atoms. The molecule has 3 heterocycles. The minimum atomic E-state index is -3.76. The van der Waals surface area contributed by atoms with E-state index >= 15 is 0 Å². The van der Waals surface area contributed by atoms with E-state index in [0.717, 1.165) is 43.7 Å². The van der Waals surface area contributed by atoms with Gasteiger partial charge in [-0.15, -0.1) is 0 Å². The van der Waals surface area contributed by atoms with Crippen molar-refractivity contribution in [2.24, 2.45) is 0 Å². The maximum Gasteiger partial charge on any atom is 0.264 e. The molecule has 33 heavy (non-hydrogen) atoms. The van der Waals surface area contributed by atoms with Crippen LogP contribution in [0.3, 0.4) is 0 Å². The Morgan fingerprint density at radius 3 is 2.58 bits per heavy atom. The van der Waals surface area contributed by atoms with Crippen molar-refractivity contribution in [2.45, 2.75) is 37.2 Å². The zero-order chi connectivity index (χ0) is 22.8. The van der Waals surface area contributed by atoms with Crippen LogP contribution in [0.4, 0.5) is 5.69 Å². The van der Waals surface area contributed by atoms with Crippen LogP contribution in [0.25, 0.3) is 0 Å². The number of aromatic nitrogens is 1. The van der Waals surface area contributed by atoms with Gasteiger partial charge in [0.15, 0.2) is 11.5 Å². The monoisotopic (exact) mass is 465 g/mol. The van der Waals surface area contributed by atoms with Crippen LogP contribution >= 0.6 is 0 Å². The van der Waals surface area contributed by atoms with Gasteiger partial charge in [-0.1, -0.05) is 18.2 Å². The van der Waals surface area contributed by atoms with Crippen LogP contribution in [0.5, 0.6) is 11.5 Å². The lowest BCUT2D eigenvalue weighted by Gasteiger charge is -2.39. The molecule has 0 radical (unpaired) electrons. The Labute approximate surface area is 194 Å². The van der Waals surface area contributed by atoms with Crippen LogP contribution in [-0.4, -0.2) is 44.2 Å². The van der Waals surface area contributed by atoms with Crippen molar-refractivity contribution >= 4 is 15.7 Å². The first-order valence-electron chi connectivity index (χ1n) is 11.1. The van der Waals surface area contributed by atoms with E-state index < -0.39 is 10.0 Å². The molecule has 172 valence electrons. The highest BCUT2D eigenvalue weighted by atomic mass is 32.2. The Kier molecular flexibility index (Phi) is 5.95. The van der Waals surface area contributed by atoms with Gasteiger partial charge in [0.1, 0.15) is 0 Å². The summed E-state index contributed by atoms with van der Waals surface area (Å²) in [5.41, 5.74) is 2.53. The number of anilines is 1. The van der Waals surface area contributed by atoms with Crippen LogP contribution in [-0.2, 0) is 16.6 Å². The summed E-state index contributed by atoms with van der Waals surface area (Å²) in [4.78, 5) is 7.05. The van der Waals surface area contributed by atoms with Crippen LogP contribution in [0, 0.1) is 6.92 Å². The fraction of sp³-hybridized carbons (Fsp3) is 0.320.